The van der Waals surface area contributed by atoms with Gasteiger partial charge in [-0.15, -0.1) is 0 Å². The summed E-state index contributed by atoms with van der Waals surface area (Å²) >= 11 is 0. The number of benzene rings is 1. The Balaban J connectivity index is 2.00. The van der Waals surface area contributed by atoms with Crippen LogP contribution in [0, 0.1) is 18.3 Å². The van der Waals surface area contributed by atoms with Crippen LogP contribution >= 0.6 is 0 Å². The van der Waals surface area contributed by atoms with Crippen LogP contribution in [0.2, 0.25) is 0 Å². The predicted octanol–water partition coefficient (Wildman–Crippen LogP) is 3.03. The van der Waals surface area contributed by atoms with Gasteiger partial charge >= 0.3 is 0 Å². The van der Waals surface area contributed by atoms with Gasteiger partial charge in [-0.2, -0.15) is 5.26 Å². The summed E-state index contributed by atoms with van der Waals surface area (Å²) in [5, 5.41) is 9.87. The predicted molar refractivity (Wildman–Crippen MR) is 112 cm³/mol. The first-order valence-corrected chi connectivity index (χ1v) is 9.55. The maximum atomic E-state index is 13.7. The van der Waals surface area contributed by atoms with E-state index in [4.69, 9.17) is 24.4 Å². The minimum atomic E-state index is -0.783. The Kier molecular flexibility index (Phi) is 5.17. The summed E-state index contributed by atoms with van der Waals surface area (Å²) in [6.45, 7) is 2.04. The molecular formula is C23H21N3O5. The molecule has 1 aliphatic rings. The Morgan fingerprint density at radius 2 is 2.03 bits per heavy atom. The molecule has 1 aliphatic heterocycles. The van der Waals surface area contributed by atoms with Crippen LogP contribution < -0.4 is 25.5 Å². The number of hydrogen-bond donors (Lipinski definition) is 1. The van der Waals surface area contributed by atoms with Gasteiger partial charge in [0.25, 0.3) is 5.56 Å². The normalized spacial score (nSPS) is 15.1. The molecule has 0 radical (unpaired) electrons. The Hall–Kier alpha value is -4.12. The highest BCUT2D eigenvalue weighted by Gasteiger charge is 2.36. The average molecular weight is 419 g/mol. The van der Waals surface area contributed by atoms with Gasteiger partial charge in [0.05, 0.1) is 38.5 Å². The number of para-hydroxylation sites is 1. The number of ether oxygens (including phenoxy) is 3. The summed E-state index contributed by atoms with van der Waals surface area (Å²) in [5.74, 6) is 1.01. The molecule has 0 amide bonds. The maximum Gasteiger partial charge on any atom is 0.259 e. The minimum Gasteiger partial charge on any atom is -0.493 e. The summed E-state index contributed by atoms with van der Waals surface area (Å²) in [5.41, 5.74) is 7.46. The van der Waals surface area contributed by atoms with Crippen LogP contribution in [0.3, 0.4) is 0 Å². The van der Waals surface area contributed by atoms with E-state index in [1.54, 1.807) is 54.2 Å². The molecule has 31 heavy (non-hydrogen) atoms. The van der Waals surface area contributed by atoms with E-state index in [1.807, 2.05) is 0 Å². The molecule has 8 nitrogen and oxygen atoms in total. The molecule has 0 aliphatic carbocycles. The number of rotatable bonds is 5. The fraction of sp³-hybridized carbons (Fsp3) is 0.217. The molecule has 8 heteroatoms. The number of allylic oxidation sites excluding steroid dienone is 1. The first-order chi connectivity index (χ1) is 15.0. The zero-order valence-corrected chi connectivity index (χ0v) is 17.3. The van der Waals surface area contributed by atoms with Crippen molar-refractivity contribution in [1.29, 1.82) is 5.26 Å². The molecule has 158 valence electrons. The van der Waals surface area contributed by atoms with Gasteiger partial charge in [0.15, 0.2) is 11.5 Å². The largest absolute Gasteiger partial charge is 0.493 e. The van der Waals surface area contributed by atoms with Gasteiger partial charge in [0.1, 0.15) is 23.2 Å². The minimum absolute atomic E-state index is 0.0487. The van der Waals surface area contributed by atoms with Crippen molar-refractivity contribution in [2.75, 3.05) is 14.2 Å². The van der Waals surface area contributed by atoms with Crippen LogP contribution in [0.25, 0.3) is 0 Å². The molecule has 1 atom stereocenters. The molecule has 0 bridgehead atoms. The van der Waals surface area contributed by atoms with Crippen molar-refractivity contribution < 1.29 is 18.6 Å². The van der Waals surface area contributed by atoms with Crippen molar-refractivity contribution in [3.63, 3.8) is 0 Å². The van der Waals surface area contributed by atoms with E-state index < -0.39 is 5.92 Å². The summed E-state index contributed by atoms with van der Waals surface area (Å²) in [4.78, 5) is 13.7. The van der Waals surface area contributed by atoms with Crippen molar-refractivity contribution in [2.45, 2.75) is 19.4 Å². The van der Waals surface area contributed by atoms with Crippen LogP contribution in [-0.2, 0) is 6.54 Å². The molecule has 0 unspecified atom stereocenters. The van der Waals surface area contributed by atoms with Gasteiger partial charge in [-0.1, -0.05) is 12.1 Å². The first-order valence-electron chi connectivity index (χ1n) is 9.55. The zero-order chi connectivity index (χ0) is 22.1. The van der Waals surface area contributed by atoms with Crippen LogP contribution in [0.5, 0.6) is 17.2 Å². The molecule has 0 spiro atoms. The Morgan fingerprint density at radius 1 is 1.23 bits per heavy atom. The van der Waals surface area contributed by atoms with Gasteiger partial charge in [-0.25, -0.2) is 0 Å². The number of hydrogen-bond acceptors (Lipinski definition) is 7. The fourth-order valence-electron chi connectivity index (χ4n) is 3.89. The number of fused-ring (bicyclic) bond motifs is 1. The summed E-state index contributed by atoms with van der Waals surface area (Å²) in [7, 11) is 3.03. The molecule has 0 saturated carbocycles. The quantitative estimate of drug-likeness (QED) is 0.676. The van der Waals surface area contributed by atoms with E-state index in [9.17, 15) is 10.1 Å². The summed E-state index contributed by atoms with van der Waals surface area (Å²) in [6.07, 6.45) is 1.55. The number of aromatic nitrogens is 1. The van der Waals surface area contributed by atoms with E-state index in [2.05, 4.69) is 6.07 Å². The number of furan rings is 1. The first kappa shape index (κ1) is 20.2. The maximum absolute atomic E-state index is 13.7. The molecule has 0 fully saturated rings. The number of aryl methyl sites for hydroxylation is 1. The Bertz CT molecular complexity index is 1270. The standard InChI is InChI=1S/C23H21N3O5/c1-13-10-18-20(23(27)26(13)12-14-6-5-9-30-14)19(16(11-24)22(25)31-18)15-7-4-8-17(28-2)21(15)29-3/h4-10,19H,12,25H2,1-3H3/t19-/m0/s1. The van der Waals surface area contributed by atoms with Crippen LogP contribution in [0.1, 0.15) is 28.5 Å². The van der Waals surface area contributed by atoms with Crippen molar-refractivity contribution >= 4 is 0 Å². The lowest BCUT2D eigenvalue weighted by Gasteiger charge is -2.28. The monoisotopic (exact) mass is 419 g/mol. The second-order valence-corrected chi connectivity index (χ2v) is 7.04. The molecule has 4 rings (SSSR count). The molecule has 0 saturated heterocycles. The smallest absolute Gasteiger partial charge is 0.259 e. The van der Waals surface area contributed by atoms with Gasteiger partial charge in [-0.05, 0) is 25.1 Å². The van der Waals surface area contributed by atoms with Crippen molar-refractivity contribution in [2.24, 2.45) is 5.73 Å². The van der Waals surface area contributed by atoms with E-state index in [1.165, 1.54) is 14.2 Å². The third kappa shape index (κ3) is 3.30. The van der Waals surface area contributed by atoms with Gasteiger partial charge in [0, 0.05) is 17.3 Å². The number of methoxy groups -OCH3 is 2. The third-order valence-corrected chi connectivity index (χ3v) is 5.33. The SMILES string of the molecule is COc1cccc([C@H]2C(C#N)=C(N)Oc3cc(C)n(Cc4ccco4)c(=O)c32)c1OC. The summed E-state index contributed by atoms with van der Waals surface area (Å²) in [6, 6.07) is 12.7. The van der Waals surface area contributed by atoms with Gasteiger partial charge in [0.2, 0.25) is 5.88 Å². The highest BCUT2D eigenvalue weighted by atomic mass is 16.5. The fourth-order valence-corrected chi connectivity index (χ4v) is 3.89. The van der Waals surface area contributed by atoms with E-state index >= 15 is 0 Å². The number of pyridine rings is 1. The molecule has 3 heterocycles. The number of nitrogens with two attached hydrogens (primary N) is 1. The zero-order valence-electron chi connectivity index (χ0n) is 17.3. The van der Waals surface area contributed by atoms with Crippen LogP contribution in [-0.4, -0.2) is 18.8 Å². The topological polar surface area (TPSA) is 113 Å². The highest BCUT2D eigenvalue weighted by Crippen LogP contribution is 2.46. The number of nitrogens with zero attached hydrogens (tertiary/aromatic N) is 2. The van der Waals surface area contributed by atoms with Gasteiger partial charge < -0.3 is 28.9 Å². The second-order valence-electron chi connectivity index (χ2n) is 7.04. The highest BCUT2D eigenvalue weighted by molar-refractivity contribution is 5.60. The molecule has 1 aromatic carbocycles. The molecule has 2 N–H and O–H groups in total. The Morgan fingerprint density at radius 3 is 2.68 bits per heavy atom. The van der Waals surface area contributed by atoms with E-state index in [0.29, 0.717) is 39.8 Å². The average Bonchev–Trinajstić information content (AvgIpc) is 3.28. The lowest BCUT2D eigenvalue weighted by atomic mass is 9.83. The second kappa shape index (κ2) is 7.95. The Labute approximate surface area is 178 Å². The van der Waals surface area contributed by atoms with Crippen molar-refractivity contribution in [3.05, 3.63) is 87.1 Å². The van der Waals surface area contributed by atoms with Crippen LogP contribution in [0.15, 0.2) is 63.3 Å². The lowest BCUT2D eigenvalue weighted by molar-refractivity contribution is 0.348. The van der Waals surface area contributed by atoms with Gasteiger partial charge in [-0.3, -0.25) is 4.79 Å². The van der Waals surface area contributed by atoms with E-state index in [-0.39, 0.29) is 23.6 Å². The van der Waals surface area contributed by atoms with Crippen LogP contribution in [0.4, 0.5) is 0 Å². The molecule has 3 aromatic rings. The molecular weight excluding hydrogens is 398 g/mol. The van der Waals surface area contributed by atoms with Crippen molar-refractivity contribution in [3.8, 4) is 23.3 Å². The molecule has 2 aromatic heterocycles. The summed E-state index contributed by atoms with van der Waals surface area (Å²) < 4.78 is 23.7. The number of nitriles is 1. The van der Waals surface area contributed by atoms with Crippen molar-refractivity contribution in [1.82, 2.24) is 4.57 Å². The van der Waals surface area contributed by atoms with E-state index in [0.717, 1.165) is 0 Å². The third-order valence-electron chi connectivity index (χ3n) is 5.33. The lowest BCUT2D eigenvalue weighted by Crippen LogP contribution is -2.33.